The van der Waals surface area contributed by atoms with E-state index in [0.29, 0.717) is 24.6 Å². The molecule has 1 amide bonds. The second-order valence-corrected chi connectivity index (χ2v) is 10.9. The monoisotopic (exact) mass is 561 g/mol. The van der Waals surface area contributed by atoms with E-state index in [-0.39, 0.29) is 25.0 Å². The van der Waals surface area contributed by atoms with Gasteiger partial charge in [-0.2, -0.15) is 0 Å². The Morgan fingerprint density at radius 1 is 1.20 bits per heavy atom. The summed E-state index contributed by atoms with van der Waals surface area (Å²) in [5.74, 6) is 1.06. The zero-order valence-corrected chi connectivity index (χ0v) is 23.4. The fraction of sp³-hybridized carbons (Fsp3) is 0.500. The molecule has 0 radical (unpaired) electrons. The van der Waals surface area contributed by atoms with Crippen LogP contribution in [0.1, 0.15) is 50.3 Å². The minimum absolute atomic E-state index is 0.158. The van der Waals surface area contributed by atoms with Crippen LogP contribution in [0.4, 0.5) is 13.2 Å². The number of halogens is 3. The van der Waals surface area contributed by atoms with Gasteiger partial charge in [-0.1, -0.05) is 24.8 Å². The summed E-state index contributed by atoms with van der Waals surface area (Å²) in [5.41, 5.74) is -0.688. The van der Waals surface area contributed by atoms with Crippen LogP contribution in [0.3, 0.4) is 0 Å². The van der Waals surface area contributed by atoms with Gasteiger partial charge in [0.2, 0.25) is 0 Å². The van der Waals surface area contributed by atoms with E-state index in [1.54, 1.807) is 37.8 Å². The van der Waals surface area contributed by atoms with Crippen molar-refractivity contribution >= 4 is 5.91 Å². The summed E-state index contributed by atoms with van der Waals surface area (Å²) in [6.45, 7) is 8.89. The Bertz CT molecular complexity index is 1350. The van der Waals surface area contributed by atoms with Crippen molar-refractivity contribution in [2.45, 2.75) is 58.5 Å². The Kier molecular flexibility index (Phi) is 8.41. The number of likely N-dealkylation sites (tertiary alicyclic amines) is 1. The van der Waals surface area contributed by atoms with E-state index in [9.17, 15) is 23.1 Å². The Hall–Kier alpha value is -3.26. The van der Waals surface area contributed by atoms with Gasteiger partial charge in [0.15, 0.2) is 35.0 Å². The highest BCUT2D eigenvalue weighted by Gasteiger charge is 2.50. The topological polar surface area (TPSA) is 77.5 Å². The number of aliphatic hydroxyl groups is 1. The van der Waals surface area contributed by atoms with E-state index < -0.39 is 52.0 Å². The molecule has 0 spiro atoms. The van der Waals surface area contributed by atoms with Crippen molar-refractivity contribution in [1.29, 1.82) is 0 Å². The molecule has 2 aromatic carbocycles. The van der Waals surface area contributed by atoms with E-state index in [0.717, 1.165) is 18.6 Å². The first-order valence-corrected chi connectivity index (χ1v) is 13.0. The van der Waals surface area contributed by atoms with Gasteiger partial charge in [-0.05, 0) is 51.5 Å². The largest absolute Gasteiger partial charge is 0.493 e. The van der Waals surface area contributed by atoms with E-state index in [1.807, 2.05) is 13.0 Å². The van der Waals surface area contributed by atoms with Crippen LogP contribution >= 0.6 is 0 Å². The van der Waals surface area contributed by atoms with Crippen LogP contribution in [0.15, 0.2) is 24.3 Å². The van der Waals surface area contributed by atoms with Crippen LogP contribution in [-0.4, -0.2) is 67.3 Å². The number of hydrogen-bond donors (Lipinski definition) is 1. The van der Waals surface area contributed by atoms with Crippen molar-refractivity contribution in [2.24, 2.45) is 5.41 Å². The molecule has 4 atom stereocenters. The Morgan fingerprint density at radius 3 is 2.55 bits per heavy atom. The number of rotatable bonds is 6. The molecule has 1 N–H and O–H groups in total. The standard InChI is InChI=1S/C30H34F3NO6/c1-17-22(31)12-20(27(33)26(17)32)8-7-11-38-24-13-19(9-10-23(24)37-6)21-14-34(16-30(21,5)18(2)35)28(36)25-15-39-29(3,4)40-25/h9-10,12-13,18,21,25,35H,11,14-16H2,1-6H3/t18-,21+,25?,30+/m1/s1. The number of carbonyl (C=O) groups is 1. The van der Waals surface area contributed by atoms with Gasteiger partial charge < -0.3 is 29.0 Å². The molecule has 2 saturated heterocycles. The molecule has 0 bridgehead atoms. The molecule has 4 rings (SSSR count). The highest BCUT2D eigenvalue weighted by molar-refractivity contribution is 5.82. The molecule has 1 unspecified atom stereocenters. The van der Waals surface area contributed by atoms with Crippen molar-refractivity contribution in [3.05, 3.63) is 58.4 Å². The normalized spacial score (nSPS) is 24.4. The summed E-state index contributed by atoms with van der Waals surface area (Å²) < 4.78 is 64.3. The predicted molar refractivity (Wildman–Crippen MR) is 140 cm³/mol. The van der Waals surface area contributed by atoms with Gasteiger partial charge in [-0.15, -0.1) is 0 Å². The van der Waals surface area contributed by atoms with Crippen molar-refractivity contribution in [2.75, 3.05) is 33.4 Å². The molecule has 2 aliphatic heterocycles. The van der Waals surface area contributed by atoms with Gasteiger partial charge in [0.25, 0.3) is 5.91 Å². The molecule has 7 nitrogen and oxygen atoms in total. The molecule has 216 valence electrons. The lowest BCUT2D eigenvalue weighted by atomic mass is 9.72. The Balaban J connectivity index is 1.55. The average Bonchev–Trinajstić information content (AvgIpc) is 3.47. The zero-order valence-electron chi connectivity index (χ0n) is 23.4. The fourth-order valence-electron chi connectivity index (χ4n) is 5.15. The molecule has 10 heteroatoms. The highest BCUT2D eigenvalue weighted by atomic mass is 19.2. The number of aliphatic hydroxyl groups excluding tert-OH is 1. The second-order valence-electron chi connectivity index (χ2n) is 10.9. The maximum absolute atomic E-state index is 14.1. The molecular weight excluding hydrogens is 527 g/mol. The van der Waals surface area contributed by atoms with Crippen LogP contribution in [0.2, 0.25) is 0 Å². The van der Waals surface area contributed by atoms with Gasteiger partial charge >= 0.3 is 0 Å². The maximum atomic E-state index is 14.1. The number of methoxy groups -OCH3 is 1. The van der Waals surface area contributed by atoms with Crippen LogP contribution < -0.4 is 9.47 Å². The molecule has 2 fully saturated rings. The molecule has 0 aromatic heterocycles. The van der Waals surface area contributed by atoms with Crippen molar-refractivity contribution in [1.82, 2.24) is 4.90 Å². The minimum Gasteiger partial charge on any atom is -0.493 e. The van der Waals surface area contributed by atoms with Crippen LogP contribution in [-0.2, 0) is 14.3 Å². The number of nitrogens with zero attached hydrogens (tertiary/aromatic N) is 1. The van der Waals surface area contributed by atoms with Gasteiger partial charge in [0.05, 0.1) is 25.4 Å². The number of amides is 1. The summed E-state index contributed by atoms with van der Waals surface area (Å²) in [4.78, 5) is 15.0. The van der Waals surface area contributed by atoms with Crippen LogP contribution in [0.5, 0.6) is 11.5 Å². The Morgan fingerprint density at radius 2 is 1.93 bits per heavy atom. The maximum Gasteiger partial charge on any atom is 0.254 e. The third-order valence-electron chi connectivity index (χ3n) is 7.78. The van der Waals surface area contributed by atoms with E-state index >= 15 is 0 Å². The minimum atomic E-state index is -1.28. The number of hydrogen-bond acceptors (Lipinski definition) is 6. The van der Waals surface area contributed by atoms with Gasteiger partial charge in [-0.25, -0.2) is 13.2 Å². The summed E-state index contributed by atoms with van der Waals surface area (Å²) in [5, 5.41) is 10.8. The van der Waals surface area contributed by atoms with Gasteiger partial charge in [0, 0.05) is 30.0 Å². The molecule has 40 heavy (non-hydrogen) atoms. The third kappa shape index (κ3) is 5.78. The van der Waals surface area contributed by atoms with Crippen molar-refractivity contribution < 1.29 is 42.0 Å². The second kappa shape index (κ2) is 11.3. The summed E-state index contributed by atoms with van der Waals surface area (Å²) in [6, 6.07) is 6.16. The van der Waals surface area contributed by atoms with E-state index in [4.69, 9.17) is 18.9 Å². The van der Waals surface area contributed by atoms with Crippen LogP contribution in [0.25, 0.3) is 0 Å². The summed E-state index contributed by atoms with van der Waals surface area (Å²) in [7, 11) is 1.47. The predicted octanol–water partition coefficient (Wildman–Crippen LogP) is 4.32. The molecule has 2 aromatic rings. The number of carbonyl (C=O) groups excluding carboxylic acids is 1. The smallest absolute Gasteiger partial charge is 0.254 e. The fourth-order valence-corrected chi connectivity index (χ4v) is 5.15. The van der Waals surface area contributed by atoms with Crippen molar-refractivity contribution in [3.8, 4) is 23.3 Å². The first-order valence-electron chi connectivity index (χ1n) is 13.0. The first kappa shape index (κ1) is 29.7. The summed E-state index contributed by atoms with van der Waals surface area (Å²) in [6.07, 6.45) is -1.46. The lowest BCUT2D eigenvalue weighted by Gasteiger charge is -2.34. The lowest BCUT2D eigenvalue weighted by Crippen LogP contribution is -2.42. The Labute approximate surface area is 232 Å². The van der Waals surface area contributed by atoms with E-state index in [1.165, 1.54) is 7.11 Å². The van der Waals surface area contributed by atoms with Gasteiger partial charge in [0.1, 0.15) is 12.4 Å². The van der Waals surface area contributed by atoms with Gasteiger partial charge in [-0.3, -0.25) is 4.79 Å². The number of ether oxygens (including phenoxy) is 4. The van der Waals surface area contributed by atoms with Crippen molar-refractivity contribution in [3.63, 3.8) is 0 Å². The molecular formula is C30H34F3NO6. The zero-order chi connectivity index (χ0) is 29.4. The highest BCUT2D eigenvalue weighted by Crippen LogP contribution is 2.47. The molecule has 0 aliphatic carbocycles. The number of benzene rings is 2. The van der Waals surface area contributed by atoms with E-state index in [2.05, 4.69) is 11.8 Å². The lowest BCUT2D eigenvalue weighted by molar-refractivity contribution is -0.159. The quantitative estimate of drug-likeness (QED) is 0.419. The average molecular weight is 562 g/mol. The SMILES string of the molecule is COc1ccc([C@@H]2CN(C(=O)C3COC(C)(C)O3)C[C@@]2(C)[C@@H](C)O)cc1OCC#Cc1cc(F)c(C)c(F)c1F. The van der Waals surface area contributed by atoms with Crippen LogP contribution in [0, 0.1) is 41.6 Å². The molecule has 0 saturated carbocycles. The molecule has 2 aliphatic rings. The third-order valence-corrected chi connectivity index (χ3v) is 7.78. The first-order chi connectivity index (χ1) is 18.8. The molecule has 2 heterocycles. The summed E-state index contributed by atoms with van der Waals surface area (Å²) >= 11 is 0.